The summed E-state index contributed by atoms with van der Waals surface area (Å²) in [6, 6.07) is 0. The summed E-state index contributed by atoms with van der Waals surface area (Å²) in [6.07, 6.45) is 1.57. The summed E-state index contributed by atoms with van der Waals surface area (Å²) in [5, 5.41) is 5.88. The maximum absolute atomic E-state index is 11.6. The number of nitrogens with one attached hydrogen (secondary N) is 2. The molecule has 0 aromatic carbocycles. The van der Waals surface area contributed by atoms with Crippen molar-refractivity contribution in [2.75, 3.05) is 32.7 Å². The molecule has 15 heavy (non-hydrogen) atoms. The molecular formula is C10H17N3O2. The number of rotatable bonds is 2. The molecule has 84 valence electrons. The molecule has 0 bridgehead atoms. The van der Waals surface area contributed by atoms with Gasteiger partial charge in [0.25, 0.3) is 0 Å². The van der Waals surface area contributed by atoms with E-state index in [1.165, 1.54) is 0 Å². The van der Waals surface area contributed by atoms with Crippen LogP contribution in [-0.2, 0) is 9.59 Å². The molecule has 0 aromatic heterocycles. The molecule has 0 saturated carbocycles. The fourth-order valence-electron chi connectivity index (χ4n) is 2.11. The van der Waals surface area contributed by atoms with Crippen molar-refractivity contribution in [2.45, 2.75) is 12.8 Å². The lowest BCUT2D eigenvalue weighted by Gasteiger charge is -2.22. The maximum Gasteiger partial charge on any atom is 0.241 e. The minimum atomic E-state index is -0.0182. The van der Waals surface area contributed by atoms with E-state index >= 15 is 0 Å². The lowest BCUT2D eigenvalue weighted by Crippen LogP contribution is -2.38. The second-order valence-electron chi connectivity index (χ2n) is 4.23. The molecular weight excluding hydrogens is 194 g/mol. The standard InChI is InChI=1S/C10H17N3O2/c14-9-2-4-13(10(15)6-12-9)7-8-1-3-11-5-8/h8,11H,1-7H2,(H,12,14). The van der Waals surface area contributed by atoms with Gasteiger partial charge in [0.05, 0.1) is 6.54 Å². The monoisotopic (exact) mass is 211 g/mol. The van der Waals surface area contributed by atoms with E-state index in [9.17, 15) is 9.59 Å². The summed E-state index contributed by atoms with van der Waals surface area (Å²) in [4.78, 5) is 24.6. The Kier molecular flexibility index (Phi) is 3.20. The lowest BCUT2D eigenvalue weighted by molar-refractivity contribution is -0.130. The van der Waals surface area contributed by atoms with Crippen molar-refractivity contribution in [1.82, 2.24) is 15.5 Å². The molecule has 2 aliphatic rings. The van der Waals surface area contributed by atoms with Gasteiger partial charge in [-0.25, -0.2) is 0 Å². The minimum Gasteiger partial charge on any atom is -0.347 e. The van der Waals surface area contributed by atoms with E-state index in [0.29, 0.717) is 18.9 Å². The van der Waals surface area contributed by atoms with Gasteiger partial charge in [0.1, 0.15) is 0 Å². The Balaban J connectivity index is 1.88. The Hall–Kier alpha value is -1.10. The van der Waals surface area contributed by atoms with Crippen molar-refractivity contribution in [3.8, 4) is 0 Å². The third-order valence-electron chi connectivity index (χ3n) is 3.04. The lowest BCUT2D eigenvalue weighted by atomic mass is 10.1. The van der Waals surface area contributed by atoms with Crippen LogP contribution < -0.4 is 10.6 Å². The number of nitrogens with zero attached hydrogens (tertiary/aromatic N) is 1. The zero-order chi connectivity index (χ0) is 10.7. The van der Waals surface area contributed by atoms with Crippen LogP contribution in [0.2, 0.25) is 0 Å². The average Bonchev–Trinajstić information content (AvgIpc) is 2.67. The van der Waals surface area contributed by atoms with E-state index in [0.717, 1.165) is 26.1 Å². The molecule has 2 rings (SSSR count). The van der Waals surface area contributed by atoms with Crippen LogP contribution in [0.25, 0.3) is 0 Å². The molecule has 2 saturated heterocycles. The second-order valence-corrected chi connectivity index (χ2v) is 4.23. The SMILES string of the molecule is O=C1CCN(CC2CCNC2)C(=O)CN1. The highest BCUT2D eigenvalue weighted by Crippen LogP contribution is 2.11. The molecule has 2 amide bonds. The Morgan fingerprint density at radius 2 is 2.27 bits per heavy atom. The highest BCUT2D eigenvalue weighted by molar-refractivity contribution is 5.87. The predicted octanol–water partition coefficient (Wildman–Crippen LogP) is -1.06. The van der Waals surface area contributed by atoms with Crippen molar-refractivity contribution in [3.05, 3.63) is 0 Å². The van der Waals surface area contributed by atoms with Gasteiger partial charge in [0.2, 0.25) is 11.8 Å². The predicted molar refractivity (Wildman–Crippen MR) is 55.2 cm³/mol. The highest BCUT2D eigenvalue weighted by Gasteiger charge is 2.24. The van der Waals surface area contributed by atoms with Gasteiger partial charge in [0.15, 0.2) is 0 Å². The zero-order valence-corrected chi connectivity index (χ0v) is 8.79. The van der Waals surface area contributed by atoms with Crippen LogP contribution >= 0.6 is 0 Å². The van der Waals surface area contributed by atoms with Crippen LogP contribution in [-0.4, -0.2) is 49.4 Å². The van der Waals surface area contributed by atoms with Gasteiger partial charge in [-0.15, -0.1) is 0 Å². The first kappa shape index (κ1) is 10.4. The number of hydrogen-bond acceptors (Lipinski definition) is 3. The topological polar surface area (TPSA) is 61.4 Å². The summed E-state index contributed by atoms with van der Waals surface area (Å²) < 4.78 is 0. The van der Waals surface area contributed by atoms with Crippen LogP contribution in [0.15, 0.2) is 0 Å². The number of amides is 2. The average molecular weight is 211 g/mol. The fraction of sp³-hybridized carbons (Fsp3) is 0.800. The van der Waals surface area contributed by atoms with Gasteiger partial charge in [-0.05, 0) is 25.4 Å². The van der Waals surface area contributed by atoms with Gasteiger partial charge in [-0.3, -0.25) is 9.59 Å². The van der Waals surface area contributed by atoms with E-state index in [1.54, 1.807) is 0 Å². The molecule has 0 aromatic rings. The Bertz CT molecular complexity index is 261. The van der Waals surface area contributed by atoms with Gasteiger partial charge in [-0.1, -0.05) is 0 Å². The third-order valence-corrected chi connectivity index (χ3v) is 3.04. The van der Waals surface area contributed by atoms with Gasteiger partial charge in [0, 0.05) is 19.5 Å². The summed E-state index contributed by atoms with van der Waals surface area (Å²) in [5.41, 5.74) is 0. The zero-order valence-electron chi connectivity index (χ0n) is 8.79. The van der Waals surface area contributed by atoms with E-state index in [-0.39, 0.29) is 18.4 Å². The molecule has 2 heterocycles. The van der Waals surface area contributed by atoms with Crippen molar-refractivity contribution in [2.24, 2.45) is 5.92 Å². The molecule has 0 radical (unpaired) electrons. The largest absolute Gasteiger partial charge is 0.347 e. The fourth-order valence-corrected chi connectivity index (χ4v) is 2.11. The molecule has 5 nitrogen and oxygen atoms in total. The molecule has 0 spiro atoms. The maximum atomic E-state index is 11.6. The molecule has 1 atom stereocenters. The summed E-state index contributed by atoms with van der Waals surface area (Å²) in [5.74, 6) is 0.588. The molecule has 1 unspecified atom stereocenters. The van der Waals surface area contributed by atoms with Crippen LogP contribution in [0.4, 0.5) is 0 Å². The van der Waals surface area contributed by atoms with Gasteiger partial charge >= 0.3 is 0 Å². The van der Waals surface area contributed by atoms with Crippen molar-refractivity contribution < 1.29 is 9.59 Å². The molecule has 2 N–H and O–H groups in total. The number of hydrogen-bond donors (Lipinski definition) is 2. The van der Waals surface area contributed by atoms with Gasteiger partial charge < -0.3 is 15.5 Å². The third kappa shape index (κ3) is 2.68. The van der Waals surface area contributed by atoms with Crippen LogP contribution in [0.5, 0.6) is 0 Å². The first-order valence-electron chi connectivity index (χ1n) is 5.51. The number of carbonyl (C=O) groups is 2. The quantitative estimate of drug-likeness (QED) is 0.612. The smallest absolute Gasteiger partial charge is 0.241 e. The summed E-state index contributed by atoms with van der Waals surface area (Å²) in [6.45, 7) is 3.57. The Morgan fingerprint density at radius 1 is 1.40 bits per heavy atom. The molecule has 2 aliphatic heterocycles. The first-order chi connectivity index (χ1) is 7.25. The van der Waals surface area contributed by atoms with Crippen molar-refractivity contribution in [3.63, 3.8) is 0 Å². The van der Waals surface area contributed by atoms with E-state index in [1.807, 2.05) is 4.90 Å². The number of carbonyl (C=O) groups excluding carboxylic acids is 2. The second kappa shape index (κ2) is 4.61. The molecule has 0 aliphatic carbocycles. The highest BCUT2D eigenvalue weighted by atomic mass is 16.2. The van der Waals surface area contributed by atoms with Crippen molar-refractivity contribution >= 4 is 11.8 Å². The van der Waals surface area contributed by atoms with E-state index in [2.05, 4.69) is 10.6 Å². The van der Waals surface area contributed by atoms with Crippen molar-refractivity contribution in [1.29, 1.82) is 0 Å². The van der Waals surface area contributed by atoms with E-state index < -0.39 is 0 Å². The Labute approximate surface area is 89.2 Å². The Morgan fingerprint density at radius 3 is 3.00 bits per heavy atom. The normalized spacial score (nSPS) is 27.7. The minimum absolute atomic E-state index is 0.0182. The first-order valence-corrected chi connectivity index (χ1v) is 5.51. The molecule has 2 fully saturated rings. The van der Waals surface area contributed by atoms with Crippen LogP contribution in [0.1, 0.15) is 12.8 Å². The van der Waals surface area contributed by atoms with Crippen LogP contribution in [0, 0.1) is 5.92 Å². The van der Waals surface area contributed by atoms with Crippen LogP contribution in [0.3, 0.4) is 0 Å². The summed E-state index contributed by atoms with van der Waals surface area (Å²) in [7, 11) is 0. The van der Waals surface area contributed by atoms with Gasteiger partial charge in [-0.2, -0.15) is 0 Å². The van der Waals surface area contributed by atoms with E-state index in [4.69, 9.17) is 0 Å². The summed E-state index contributed by atoms with van der Waals surface area (Å²) >= 11 is 0. The molecule has 5 heteroatoms.